The molecule has 0 bridgehead atoms. The lowest BCUT2D eigenvalue weighted by atomic mass is 10.1. The Kier molecular flexibility index (Phi) is 4.63. The molecule has 20 heavy (non-hydrogen) atoms. The van der Waals surface area contributed by atoms with Crippen molar-refractivity contribution in [2.24, 2.45) is 5.73 Å². The van der Waals surface area contributed by atoms with Crippen LogP contribution in [0.1, 0.15) is 11.6 Å². The van der Waals surface area contributed by atoms with Crippen molar-refractivity contribution in [3.05, 3.63) is 58.6 Å². The topological polar surface area (TPSA) is 64.3 Å². The molecule has 0 aliphatic carbocycles. The smallest absolute Gasteiger partial charge is 0.244 e. The minimum Gasteiger partial charge on any atom is -0.497 e. The molecule has 2 aromatic carbocycles. The van der Waals surface area contributed by atoms with E-state index in [1.165, 1.54) is 0 Å². The fraction of sp³-hybridized carbons (Fsp3) is 0.133. The van der Waals surface area contributed by atoms with E-state index in [9.17, 15) is 4.79 Å². The average molecular weight is 335 g/mol. The maximum absolute atomic E-state index is 11.7. The minimum atomic E-state index is -0.605. The van der Waals surface area contributed by atoms with Crippen molar-refractivity contribution in [1.82, 2.24) is 0 Å². The lowest BCUT2D eigenvalue weighted by molar-refractivity contribution is -0.118. The molecule has 0 saturated carbocycles. The summed E-state index contributed by atoms with van der Waals surface area (Å²) in [6, 6.07) is 14.2. The molecule has 0 fully saturated rings. The predicted molar refractivity (Wildman–Crippen MR) is 82.7 cm³/mol. The highest BCUT2D eigenvalue weighted by Crippen LogP contribution is 2.24. The number of ether oxygens (including phenoxy) is 1. The first-order chi connectivity index (χ1) is 9.60. The molecular weight excluding hydrogens is 320 g/mol. The summed E-state index contributed by atoms with van der Waals surface area (Å²) in [5.41, 5.74) is 7.07. The summed E-state index contributed by atoms with van der Waals surface area (Å²) in [6.07, 6.45) is 0. The van der Waals surface area contributed by atoms with Crippen LogP contribution in [0.3, 0.4) is 0 Å². The van der Waals surface area contributed by atoms with Crippen LogP contribution in [0.4, 0.5) is 5.69 Å². The Morgan fingerprint density at radius 3 is 2.55 bits per heavy atom. The third kappa shape index (κ3) is 3.51. The molecule has 0 aromatic heterocycles. The standard InChI is InChI=1S/C15H15BrN2O2/c1-20-13-4-2-3-10(9-13)14(15(17)19)18-12-7-5-11(16)6-8-12/h2-9,14,18H,1H3,(H2,17,19). The maximum Gasteiger partial charge on any atom is 0.244 e. The maximum atomic E-state index is 11.7. The second-order valence-electron chi connectivity index (χ2n) is 4.26. The summed E-state index contributed by atoms with van der Waals surface area (Å²) >= 11 is 3.37. The van der Waals surface area contributed by atoms with Crippen LogP contribution in [0, 0.1) is 0 Å². The third-order valence-electron chi connectivity index (χ3n) is 2.87. The number of amides is 1. The van der Waals surface area contributed by atoms with Crippen LogP contribution in [0.5, 0.6) is 5.75 Å². The highest BCUT2D eigenvalue weighted by Gasteiger charge is 2.18. The van der Waals surface area contributed by atoms with Gasteiger partial charge in [-0.05, 0) is 42.0 Å². The average Bonchev–Trinajstić information content (AvgIpc) is 2.46. The number of methoxy groups -OCH3 is 1. The van der Waals surface area contributed by atoms with Gasteiger partial charge in [-0.1, -0.05) is 28.1 Å². The number of hydrogen-bond acceptors (Lipinski definition) is 3. The molecule has 0 heterocycles. The molecule has 2 rings (SSSR count). The van der Waals surface area contributed by atoms with Crippen molar-refractivity contribution in [3.63, 3.8) is 0 Å². The van der Waals surface area contributed by atoms with Crippen LogP contribution in [0.25, 0.3) is 0 Å². The first kappa shape index (κ1) is 14.4. The number of anilines is 1. The Morgan fingerprint density at radius 1 is 1.25 bits per heavy atom. The van der Waals surface area contributed by atoms with Crippen LogP contribution in [-0.2, 0) is 4.79 Å². The SMILES string of the molecule is COc1cccc(C(Nc2ccc(Br)cc2)C(N)=O)c1. The number of primary amides is 1. The molecule has 4 nitrogen and oxygen atoms in total. The van der Waals surface area contributed by atoms with E-state index >= 15 is 0 Å². The molecule has 1 atom stereocenters. The van der Waals surface area contributed by atoms with Gasteiger partial charge in [-0.15, -0.1) is 0 Å². The molecular formula is C15H15BrN2O2. The van der Waals surface area contributed by atoms with E-state index < -0.39 is 11.9 Å². The lowest BCUT2D eigenvalue weighted by Crippen LogP contribution is -2.27. The van der Waals surface area contributed by atoms with E-state index in [2.05, 4.69) is 21.2 Å². The van der Waals surface area contributed by atoms with E-state index in [-0.39, 0.29) is 0 Å². The molecule has 104 valence electrons. The number of nitrogens with one attached hydrogen (secondary N) is 1. The molecule has 5 heteroatoms. The van der Waals surface area contributed by atoms with Crippen molar-refractivity contribution >= 4 is 27.5 Å². The van der Waals surface area contributed by atoms with Gasteiger partial charge in [-0.2, -0.15) is 0 Å². The Bertz CT molecular complexity index is 599. The van der Waals surface area contributed by atoms with Crippen LogP contribution < -0.4 is 15.8 Å². The van der Waals surface area contributed by atoms with Crippen molar-refractivity contribution in [2.45, 2.75) is 6.04 Å². The van der Waals surface area contributed by atoms with Crippen molar-refractivity contribution in [3.8, 4) is 5.75 Å². The Labute approximate surface area is 126 Å². The third-order valence-corrected chi connectivity index (χ3v) is 3.40. The first-order valence-corrected chi connectivity index (χ1v) is 6.85. The van der Waals surface area contributed by atoms with Crippen molar-refractivity contribution in [2.75, 3.05) is 12.4 Å². The summed E-state index contributed by atoms with van der Waals surface area (Å²) in [5, 5.41) is 3.12. The molecule has 1 amide bonds. The van der Waals surface area contributed by atoms with Gasteiger partial charge in [0.1, 0.15) is 11.8 Å². The number of benzene rings is 2. The Morgan fingerprint density at radius 2 is 1.95 bits per heavy atom. The molecule has 0 radical (unpaired) electrons. The first-order valence-electron chi connectivity index (χ1n) is 6.05. The van der Waals surface area contributed by atoms with E-state index in [0.29, 0.717) is 5.75 Å². The van der Waals surface area contributed by atoms with Crippen LogP contribution >= 0.6 is 15.9 Å². The highest BCUT2D eigenvalue weighted by atomic mass is 79.9. The number of carbonyl (C=O) groups is 1. The quantitative estimate of drug-likeness (QED) is 0.883. The van der Waals surface area contributed by atoms with Gasteiger partial charge >= 0.3 is 0 Å². The summed E-state index contributed by atoms with van der Waals surface area (Å²) < 4.78 is 6.14. The summed E-state index contributed by atoms with van der Waals surface area (Å²) in [6.45, 7) is 0. The van der Waals surface area contributed by atoms with Crippen molar-refractivity contribution < 1.29 is 9.53 Å². The molecule has 0 aliphatic heterocycles. The summed E-state index contributed by atoms with van der Waals surface area (Å²) in [7, 11) is 1.58. The van der Waals surface area contributed by atoms with Gasteiger partial charge in [0.15, 0.2) is 0 Å². The monoisotopic (exact) mass is 334 g/mol. The normalized spacial score (nSPS) is 11.7. The van der Waals surface area contributed by atoms with Crippen molar-refractivity contribution in [1.29, 1.82) is 0 Å². The van der Waals surface area contributed by atoms with E-state index in [4.69, 9.17) is 10.5 Å². The van der Waals surface area contributed by atoms with Gasteiger partial charge in [-0.3, -0.25) is 4.79 Å². The predicted octanol–water partition coefficient (Wildman–Crippen LogP) is 3.10. The number of halogens is 1. The number of rotatable bonds is 5. The molecule has 0 saturated heterocycles. The number of hydrogen-bond donors (Lipinski definition) is 2. The van der Waals surface area contributed by atoms with Gasteiger partial charge in [0, 0.05) is 10.2 Å². The highest BCUT2D eigenvalue weighted by molar-refractivity contribution is 9.10. The molecule has 0 aliphatic rings. The molecule has 2 aromatic rings. The summed E-state index contributed by atoms with van der Waals surface area (Å²) in [4.78, 5) is 11.7. The van der Waals surface area contributed by atoms with Gasteiger partial charge in [0.05, 0.1) is 7.11 Å². The number of nitrogens with two attached hydrogens (primary N) is 1. The summed E-state index contributed by atoms with van der Waals surface area (Å²) in [5.74, 6) is 0.243. The van der Waals surface area contributed by atoms with Crippen LogP contribution in [0.15, 0.2) is 53.0 Å². The Hall–Kier alpha value is -2.01. The van der Waals surface area contributed by atoms with Gasteiger partial charge in [-0.25, -0.2) is 0 Å². The fourth-order valence-electron chi connectivity index (χ4n) is 1.85. The van der Waals surface area contributed by atoms with E-state index in [0.717, 1.165) is 15.7 Å². The minimum absolute atomic E-state index is 0.443. The largest absolute Gasteiger partial charge is 0.497 e. The number of carbonyl (C=O) groups excluding carboxylic acids is 1. The van der Waals surface area contributed by atoms with Gasteiger partial charge in [0.2, 0.25) is 5.91 Å². The van der Waals surface area contributed by atoms with Gasteiger partial charge < -0.3 is 15.8 Å². The zero-order valence-corrected chi connectivity index (χ0v) is 12.6. The van der Waals surface area contributed by atoms with Crippen LogP contribution in [0.2, 0.25) is 0 Å². The van der Waals surface area contributed by atoms with Gasteiger partial charge in [0.25, 0.3) is 0 Å². The second kappa shape index (κ2) is 6.43. The molecule has 1 unspecified atom stereocenters. The molecule has 3 N–H and O–H groups in total. The zero-order chi connectivity index (χ0) is 14.5. The van der Waals surface area contributed by atoms with E-state index in [1.54, 1.807) is 13.2 Å². The Balaban J connectivity index is 2.26. The second-order valence-corrected chi connectivity index (χ2v) is 5.18. The molecule has 0 spiro atoms. The fourth-order valence-corrected chi connectivity index (χ4v) is 2.12. The van der Waals surface area contributed by atoms with E-state index in [1.807, 2.05) is 42.5 Å². The lowest BCUT2D eigenvalue weighted by Gasteiger charge is -2.17. The van der Waals surface area contributed by atoms with Crippen LogP contribution in [-0.4, -0.2) is 13.0 Å². The zero-order valence-electron chi connectivity index (χ0n) is 11.0.